The van der Waals surface area contributed by atoms with Crippen LogP contribution in [0.3, 0.4) is 0 Å². The highest BCUT2D eigenvalue weighted by Crippen LogP contribution is 2.62. The zero-order valence-corrected chi connectivity index (χ0v) is 33.5. The van der Waals surface area contributed by atoms with E-state index in [2.05, 4.69) is 97.1 Å². The van der Waals surface area contributed by atoms with Crippen molar-refractivity contribution in [1.82, 2.24) is 15.0 Å². The Balaban J connectivity index is 0.964. The third-order valence-corrected chi connectivity index (χ3v) is 16.2. The second kappa shape index (κ2) is 12.7. The highest BCUT2D eigenvalue weighted by molar-refractivity contribution is 6.06. The summed E-state index contributed by atoms with van der Waals surface area (Å²) in [5.74, 6) is 7.37. The van der Waals surface area contributed by atoms with Gasteiger partial charge in [-0.15, -0.1) is 0 Å². The van der Waals surface area contributed by atoms with Crippen molar-refractivity contribution in [2.45, 2.75) is 87.9 Å². The fourth-order valence-electron chi connectivity index (χ4n) is 14.5. The second-order valence-corrected chi connectivity index (χ2v) is 20.1. The lowest BCUT2D eigenvalue weighted by atomic mass is 9.48. The average Bonchev–Trinajstić information content (AvgIpc) is 3.63. The fraction of sp³-hybridized carbons (Fsp3) is 0.370. The second-order valence-electron chi connectivity index (χ2n) is 20.1. The van der Waals surface area contributed by atoms with E-state index in [1.54, 1.807) is 0 Å². The monoisotopic (exact) mass is 768 g/mol. The molecule has 0 amide bonds. The van der Waals surface area contributed by atoms with Gasteiger partial charge in [0.1, 0.15) is 11.2 Å². The molecule has 5 heteroatoms. The van der Waals surface area contributed by atoms with E-state index < -0.39 is 0 Å². The van der Waals surface area contributed by atoms with Crippen molar-refractivity contribution in [3.8, 4) is 51.4 Å². The minimum absolute atomic E-state index is 0.179. The number of nitriles is 1. The molecule has 0 radical (unpaired) electrons. The van der Waals surface area contributed by atoms with Crippen LogP contribution in [0.1, 0.15) is 93.7 Å². The number of hydrogen-bond donors (Lipinski definition) is 0. The van der Waals surface area contributed by atoms with Gasteiger partial charge in [-0.3, -0.25) is 0 Å². The molecule has 2 aromatic heterocycles. The molecule has 2 heterocycles. The lowest BCUT2D eigenvalue weighted by molar-refractivity contribution is -0.00529. The summed E-state index contributed by atoms with van der Waals surface area (Å²) in [5.41, 5.74) is 11.2. The summed E-state index contributed by atoms with van der Waals surface area (Å²) in [4.78, 5) is 15.9. The molecule has 8 aliphatic carbocycles. The van der Waals surface area contributed by atoms with E-state index in [0.717, 1.165) is 91.3 Å². The molecule has 5 nitrogen and oxygen atoms in total. The van der Waals surface area contributed by atoms with Gasteiger partial charge in [-0.05, 0) is 188 Å². The molecule has 8 fully saturated rings. The quantitative estimate of drug-likeness (QED) is 0.168. The van der Waals surface area contributed by atoms with E-state index in [0.29, 0.717) is 16.8 Å². The van der Waals surface area contributed by atoms with Crippen LogP contribution >= 0.6 is 0 Å². The Bertz CT molecular complexity index is 2790. The molecule has 7 aromatic rings. The topological polar surface area (TPSA) is 75.6 Å². The van der Waals surface area contributed by atoms with E-state index in [-0.39, 0.29) is 5.41 Å². The molecule has 8 bridgehead atoms. The fourth-order valence-corrected chi connectivity index (χ4v) is 14.5. The largest absolute Gasteiger partial charge is 0.456 e. The highest BCUT2D eigenvalue weighted by Gasteiger charge is 2.53. The van der Waals surface area contributed by atoms with Crippen molar-refractivity contribution in [1.29, 1.82) is 5.26 Å². The SMILES string of the molecule is N#Cc1ccc2oc3ccc(-c4cc(-c5nc(-c6ccccc6)nc(-c6ccc(C78C[C@H]9C[C@@H](C7)C[C@@H](C8)C9)cc6)n5)cc(C56C[C@H]7C[C@@H](C5)C[C@@H](C6)C7)c4)cc3c2c1. The van der Waals surface area contributed by atoms with E-state index >= 15 is 0 Å². The van der Waals surface area contributed by atoms with Gasteiger partial charge in [0.05, 0.1) is 11.6 Å². The van der Waals surface area contributed by atoms with E-state index in [9.17, 15) is 5.26 Å². The van der Waals surface area contributed by atoms with Crippen LogP contribution in [0.25, 0.3) is 67.2 Å². The lowest BCUT2D eigenvalue weighted by Crippen LogP contribution is -2.48. The number of hydrogen-bond acceptors (Lipinski definition) is 5. The van der Waals surface area contributed by atoms with Gasteiger partial charge in [-0.1, -0.05) is 66.7 Å². The van der Waals surface area contributed by atoms with Crippen molar-refractivity contribution < 1.29 is 4.42 Å². The molecule has 5 aromatic carbocycles. The van der Waals surface area contributed by atoms with Gasteiger partial charge in [-0.2, -0.15) is 5.26 Å². The molecular weight excluding hydrogens is 721 g/mol. The predicted molar refractivity (Wildman–Crippen MR) is 233 cm³/mol. The number of furan rings is 1. The first-order valence-electron chi connectivity index (χ1n) is 22.4. The molecule has 15 rings (SSSR count). The van der Waals surface area contributed by atoms with Crippen molar-refractivity contribution >= 4 is 21.9 Å². The van der Waals surface area contributed by atoms with Crippen LogP contribution in [0, 0.1) is 46.8 Å². The third kappa shape index (κ3) is 5.58. The van der Waals surface area contributed by atoms with Gasteiger partial charge in [0.15, 0.2) is 17.5 Å². The van der Waals surface area contributed by atoms with Gasteiger partial charge in [0.2, 0.25) is 0 Å². The van der Waals surface area contributed by atoms with Crippen LogP contribution < -0.4 is 0 Å². The first-order chi connectivity index (χ1) is 28.9. The first kappa shape index (κ1) is 34.3. The summed E-state index contributed by atoms with van der Waals surface area (Å²) < 4.78 is 6.27. The van der Waals surface area contributed by atoms with Crippen LogP contribution in [0.2, 0.25) is 0 Å². The Labute approximate surface area is 345 Å². The number of nitrogens with zero attached hydrogens (tertiary/aromatic N) is 4. The van der Waals surface area contributed by atoms with Crippen LogP contribution in [0.15, 0.2) is 114 Å². The molecule has 0 unspecified atom stereocenters. The molecule has 0 N–H and O–H groups in total. The lowest BCUT2D eigenvalue weighted by Gasteiger charge is -2.57. The Morgan fingerprint density at radius 3 is 1.49 bits per heavy atom. The normalized spacial score (nSPS) is 30.0. The molecule has 0 aliphatic heterocycles. The number of rotatable bonds is 6. The molecule has 290 valence electrons. The third-order valence-electron chi connectivity index (χ3n) is 16.2. The summed E-state index contributed by atoms with van der Waals surface area (Å²) in [6.45, 7) is 0. The van der Waals surface area contributed by atoms with Gasteiger partial charge >= 0.3 is 0 Å². The standard InChI is InChI=1S/C54H48N4O/c55-31-32-6-12-48-46(20-32)47-24-41(9-13-49(47)59-48)42-21-43(23-45(22-42)54-28-36-17-37(29-54)19-38(18-36)30-54)52-57-50(39-4-2-1-3-5-39)56-51(58-52)40-7-10-44(11-8-40)53-25-33-14-34(26-53)16-35(15-33)27-53/h1-13,20-24,33-38H,14-19,25-30H2/t33-,34+,35-,36-,37+,38-,53?,54?. The summed E-state index contributed by atoms with van der Waals surface area (Å²) in [7, 11) is 0. The van der Waals surface area contributed by atoms with Crippen molar-refractivity contribution in [2.75, 3.05) is 0 Å². The summed E-state index contributed by atoms with van der Waals surface area (Å²) in [6.07, 6.45) is 16.5. The maximum absolute atomic E-state index is 9.72. The molecule has 0 saturated heterocycles. The molecule has 0 atom stereocenters. The zero-order valence-electron chi connectivity index (χ0n) is 33.5. The summed E-state index contributed by atoms with van der Waals surface area (Å²) >= 11 is 0. The van der Waals surface area contributed by atoms with Crippen LogP contribution in [0.4, 0.5) is 0 Å². The van der Waals surface area contributed by atoms with Gasteiger partial charge < -0.3 is 4.42 Å². The minimum Gasteiger partial charge on any atom is -0.456 e. The molecule has 8 aliphatic rings. The smallest absolute Gasteiger partial charge is 0.164 e. The Kier molecular flexibility index (Phi) is 7.38. The van der Waals surface area contributed by atoms with E-state index in [1.807, 2.05) is 18.2 Å². The summed E-state index contributed by atoms with van der Waals surface area (Å²) in [6, 6.07) is 41.6. The van der Waals surface area contributed by atoms with E-state index in [1.165, 1.54) is 93.7 Å². The molecule has 59 heavy (non-hydrogen) atoms. The van der Waals surface area contributed by atoms with Crippen molar-refractivity contribution in [3.63, 3.8) is 0 Å². The maximum Gasteiger partial charge on any atom is 0.164 e. The number of fused-ring (bicyclic) bond motifs is 3. The maximum atomic E-state index is 9.72. The first-order valence-corrected chi connectivity index (χ1v) is 22.4. The van der Waals surface area contributed by atoms with Crippen LogP contribution in [-0.4, -0.2) is 15.0 Å². The van der Waals surface area contributed by atoms with Gasteiger partial charge in [0, 0.05) is 27.5 Å². The number of aromatic nitrogens is 3. The van der Waals surface area contributed by atoms with Gasteiger partial charge in [-0.25, -0.2) is 15.0 Å². The Hall–Kier alpha value is -5.60. The molecule has 0 spiro atoms. The Morgan fingerprint density at radius 1 is 0.441 bits per heavy atom. The van der Waals surface area contributed by atoms with Gasteiger partial charge in [0.25, 0.3) is 0 Å². The van der Waals surface area contributed by atoms with Crippen LogP contribution in [-0.2, 0) is 10.8 Å². The average molecular weight is 769 g/mol. The Morgan fingerprint density at radius 2 is 0.915 bits per heavy atom. The molecular formula is C54H48N4O. The predicted octanol–water partition coefficient (Wildman–Crippen LogP) is 13.2. The summed E-state index contributed by atoms with van der Waals surface area (Å²) in [5, 5.41) is 11.7. The zero-order chi connectivity index (χ0) is 38.9. The van der Waals surface area contributed by atoms with Crippen LogP contribution in [0.5, 0.6) is 0 Å². The minimum atomic E-state index is 0.179. The number of benzene rings is 5. The highest BCUT2D eigenvalue weighted by atomic mass is 16.3. The van der Waals surface area contributed by atoms with Crippen molar-refractivity contribution in [3.05, 3.63) is 126 Å². The van der Waals surface area contributed by atoms with E-state index in [4.69, 9.17) is 19.4 Å². The molecule has 8 saturated carbocycles. The van der Waals surface area contributed by atoms with Crippen molar-refractivity contribution in [2.24, 2.45) is 35.5 Å².